The van der Waals surface area contributed by atoms with Crippen LogP contribution in [0.15, 0.2) is 30.6 Å². The Labute approximate surface area is 105 Å². The number of nitrogens with zero attached hydrogens (tertiary/aromatic N) is 1. The number of benzene rings is 1. The Hall–Kier alpha value is -1.32. The summed E-state index contributed by atoms with van der Waals surface area (Å²) in [4.78, 5) is 7.30. The van der Waals surface area contributed by atoms with E-state index in [-0.39, 0.29) is 0 Å². The summed E-state index contributed by atoms with van der Waals surface area (Å²) in [6.45, 7) is 0.791. The second-order valence-electron chi connectivity index (χ2n) is 4.43. The van der Waals surface area contributed by atoms with E-state index in [4.69, 9.17) is 11.6 Å². The number of hydrogen-bond acceptors (Lipinski definition) is 2. The maximum Gasteiger partial charge on any atom is 0.120 e. The molecule has 2 aromatic rings. The van der Waals surface area contributed by atoms with Gasteiger partial charge in [-0.2, -0.15) is 0 Å². The molecule has 88 valence electrons. The van der Waals surface area contributed by atoms with Gasteiger partial charge in [0.05, 0.1) is 6.54 Å². The molecule has 1 aliphatic rings. The molecule has 0 saturated heterocycles. The molecule has 0 amide bonds. The van der Waals surface area contributed by atoms with Crippen LogP contribution in [0.2, 0.25) is 5.02 Å². The van der Waals surface area contributed by atoms with E-state index in [1.165, 1.54) is 11.1 Å². The fourth-order valence-corrected chi connectivity index (χ4v) is 2.56. The van der Waals surface area contributed by atoms with Gasteiger partial charge in [-0.1, -0.05) is 17.7 Å². The number of imidazole rings is 1. The fourth-order valence-electron chi connectivity index (χ4n) is 2.37. The number of H-pyrrole nitrogens is 1. The third-order valence-corrected chi connectivity index (χ3v) is 3.45. The second kappa shape index (κ2) is 4.51. The highest BCUT2D eigenvalue weighted by atomic mass is 35.5. The van der Waals surface area contributed by atoms with Crippen molar-refractivity contribution in [2.24, 2.45) is 0 Å². The van der Waals surface area contributed by atoms with Crippen LogP contribution in [0.4, 0.5) is 0 Å². The smallest absolute Gasteiger partial charge is 0.120 e. The van der Waals surface area contributed by atoms with Gasteiger partial charge in [-0.3, -0.25) is 0 Å². The van der Waals surface area contributed by atoms with E-state index in [1.807, 2.05) is 12.3 Å². The molecule has 1 aromatic heterocycles. The molecule has 1 atom stereocenters. The number of nitrogens with one attached hydrogen (secondary N) is 2. The van der Waals surface area contributed by atoms with Crippen LogP contribution < -0.4 is 5.32 Å². The second-order valence-corrected chi connectivity index (χ2v) is 4.87. The summed E-state index contributed by atoms with van der Waals surface area (Å²) >= 11 is 5.99. The van der Waals surface area contributed by atoms with Crippen molar-refractivity contribution < 1.29 is 0 Å². The molecular weight excluding hydrogens is 234 g/mol. The van der Waals surface area contributed by atoms with Crippen LogP contribution in [0.3, 0.4) is 0 Å². The van der Waals surface area contributed by atoms with E-state index in [0.717, 1.165) is 30.2 Å². The highest BCUT2D eigenvalue weighted by molar-refractivity contribution is 6.30. The van der Waals surface area contributed by atoms with Crippen LogP contribution in [-0.4, -0.2) is 16.0 Å². The Morgan fingerprint density at radius 1 is 1.35 bits per heavy atom. The molecule has 0 saturated carbocycles. The topological polar surface area (TPSA) is 40.7 Å². The van der Waals surface area contributed by atoms with E-state index in [2.05, 4.69) is 27.4 Å². The lowest BCUT2D eigenvalue weighted by Gasteiger charge is -2.09. The first-order valence-corrected chi connectivity index (χ1v) is 6.18. The summed E-state index contributed by atoms with van der Waals surface area (Å²) in [5, 5.41) is 4.34. The third kappa shape index (κ3) is 2.35. The molecule has 0 spiro atoms. The van der Waals surface area contributed by atoms with Crippen molar-refractivity contribution in [2.75, 3.05) is 0 Å². The average Bonchev–Trinajstić information content (AvgIpc) is 2.94. The molecule has 4 heteroatoms. The molecule has 2 N–H and O–H groups in total. The number of rotatable bonds is 3. The highest BCUT2D eigenvalue weighted by Crippen LogP contribution is 2.25. The van der Waals surface area contributed by atoms with Gasteiger partial charge in [0, 0.05) is 23.5 Å². The SMILES string of the molecule is Clc1ccc2c(c1)CC(NCc1ncc[nH]1)C2. The fraction of sp³-hybridized carbons (Fsp3) is 0.308. The van der Waals surface area contributed by atoms with Gasteiger partial charge in [-0.15, -0.1) is 0 Å². The zero-order valence-electron chi connectivity index (χ0n) is 9.41. The van der Waals surface area contributed by atoms with Crippen molar-refractivity contribution in [2.45, 2.75) is 25.4 Å². The third-order valence-electron chi connectivity index (χ3n) is 3.21. The summed E-state index contributed by atoms with van der Waals surface area (Å²) < 4.78 is 0. The van der Waals surface area contributed by atoms with Crippen LogP contribution >= 0.6 is 11.6 Å². The van der Waals surface area contributed by atoms with Crippen LogP contribution in [0.25, 0.3) is 0 Å². The lowest BCUT2D eigenvalue weighted by atomic mass is 10.1. The number of aromatic nitrogens is 2. The van der Waals surface area contributed by atoms with Gasteiger partial charge in [0.15, 0.2) is 0 Å². The monoisotopic (exact) mass is 247 g/mol. The van der Waals surface area contributed by atoms with E-state index in [9.17, 15) is 0 Å². The van der Waals surface area contributed by atoms with Gasteiger partial charge in [-0.25, -0.2) is 4.98 Å². The summed E-state index contributed by atoms with van der Waals surface area (Å²) in [5.74, 6) is 0.985. The zero-order valence-corrected chi connectivity index (χ0v) is 10.2. The molecule has 1 aliphatic carbocycles. The van der Waals surface area contributed by atoms with Crippen LogP contribution in [0.1, 0.15) is 17.0 Å². The molecule has 3 rings (SSSR count). The zero-order chi connectivity index (χ0) is 11.7. The summed E-state index contributed by atoms with van der Waals surface area (Å²) in [6, 6.07) is 6.67. The highest BCUT2D eigenvalue weighted by Gasteiger charge is 2.21. The van der Waals surface area contributed by atoms with Gasteiger partial charge in [-0.05, 0) is 36.1 Å². The first-order valence-electron chi connectivity index (χ1n) is 5.80. The number of hydrogen-bond donors (Lipinski definition) is 2. The minimum Gasteiger partial charge on any atom is -0.348 e. The average molecular weight is 248 g/mol. The summed E-state index contributed by atoms with van der Waals surface area (Å²) in [5.41, 5.74) is 2.78. The molecule has 0 fully saturated rings. The Balaban J connectivity index is 1.62. The molecule has 1 heterocycles. The maximum atomic E-state index is 5.99. The molecule has 1 aromatic carbocycles. The molecule has 0 radical (unpaired) electrons. The van der Waals surface area contributed by atoms with Gasteiger partial charge < -0.3 is 10.3 Å². The standard InChI is InChI=1S/C13H14ClN3/c14-11-2-1-9-6-12(7-10(9)5-11)17-8-13-15-3-4-16-13/h1-5,12,17H,6-8H2,(H,15,16). The first-order chi connectivity index (χ1) is 8.31. The largest absolute Gasteiger partial charge is 0.348 e. The quantitative estimate of drug-likeness (QED) is 0.874. The molecule has 17 heavy (non-hydrogen) atoms. The lowest BCUT2D eigenvalue weighted by molar-refractivity contribution is 0.523. The predicted molar refractivity (Wildman–Crippen MR) is 68.1 cm³/mol. The van der Waals surface area contributed by atoms with Gasteiger partial charge in [0.25, 0.3) is 0 Å². The lowest BCUT2D eigenvalue weighted by Crippen LogP contribution is -2.29. The van der Waals surface area contributed by atoms with Crippen LogP contribution in [-0.2, 0) is 19.4 Å². The van der Waals surface area contributed by atoms with E-state index >= 15 is 0 Å². The first kappa shape index (κ1) is 10.8. The van der Waals surface area contributed by atoms with E-state index < -0.39 is 0 Å². The molecule has 3 nitrogen and oxygen atoms in total. The van der Waals surface area contributed by atoms with E-state index in [1.54, 1.807) is 6.20 Å². The normalized spacial score (nSPS) is 18.3. The van der Waals surface area contributed by atoms with Gasteiger partial charge in [0.1, 0.15) is 5.82 Å². The van der Waals surface area contributed by atoms with Gasteiger partial charge in [0.2, 0.25) is 0 Å². The van der Waals surface area contributed by atoms with Crippen molar-refractivity contribution in [3.05, 3.63) is 52.6 Å². The minimum absolute atomic E-state index is 0.494. The van der Waals surface area contributed by atoms with Crippen LogP contribution in [0.5, 0.6) is 0 Å². The molecule has 1 unspecified atom stereocenters. The van der Waals surface area contributed by atoms with Crippen molar-refractivity contribution >= 4 is 11.6 Å². The van der Waals surface area contributed by atoms with Crippen LogP contribution in [0, 0.1) is 0 Å². The Bertz CT molecular complexity index is 507. The van der Waals surface area contributed by atoms with Crippen molar-refractivity contribution in [1.82, 2.24) is 15.3 Å². The van der Waals surface area contributed by atoms with Gasteiger partial charge >= 0.3 is 0 Å². The predicted octanol–water partition coefficient (Wildman–Crippen LogP) is 2.32. The number of halogens is 1. The van der Waals surface area contributed by atoms with Crippen molar-refractivity contribution in [3.8, 4) is 0 Å². The summed E-state index contributed by atoms with van der Waals surface area (Å²) in [6.07, 6.45) is 5.75. The van der Waals surface area contributed by atoms with Crippen molar-refractivity contribution in [3.63, 3.8) is 0 Å². The Kier molecular flexibility index (Phi) is 2.87. The minimum atomic E-state index is 0.494. The van der Waals surface area contributed by atoms with E-state index in [0.29, 0.717) is 6.04 Å². The number of fused-ring (bicyclic) bond motifs is 1. The molecular formula is C13H14ClN3. The Morgan fingerprint density at radius 2 is 2.24 bits per heavy atom. The van der Waals surface area contributed by atoms with Crippen molar-refractivity contribution in [1.29, 1.82) is 0 Å². The maximum absolute atomic E-state index is 5.99. The Morgan fingerprint density at radius 3 is 3.06 bits per heavy atom. The summed E-state index contributed by atoms with van der Waals surface area (Å²) in [7, 11) is 0. The molecule has 0 aliphatic heterocycles. The molecule has 0 bridgehead atoms. The number of aromatic amines is 1.